The molecule has 3 N–H and O–H groups in total. The Balaban J connectivity index is 1.83. The van der Waals surface area contributed by atoms with Crippen LogP contribution in [0.25, 0.3) is 0 Å². The van der Waals surface area contributed by atoms with Gasteiger partial charge in [0.1, 0.15) is 22.1 Å². The molecular formula is C14H12N4O4S. The monoisotopic (exact) mass is 332 g/mol. The Hall–Kier alpha value is -2.94. The minimum absolute atomic E-state index is 0.00725. The number of hydrogen-bond acceptors (Lipinski definition) is 6. The molecule has 0 bridgehead atoms. The molecule has 0 fully saturated rings. The van der Waals surface area contributed by atoms with Gasteiger partial charge in [-0.15, -0.1) is 4.40 Å². The smallest absolute Gasteiger partial charge is 0.339 e. The Kier molecular flexibility index (Phi) is 3.70. The van der Waals surface area contributed by atoms with Gasteiger partial charge in [-0.3, -0.25) is 0 Å². The number of nitrogens with zero attached hydrogens (tertiary/aromatic N) is 2. The number of carboxylic acid groups (broad SMARTS) is 1. The van der Waals surface area contributed by atoms with E-state index in [1.54, 1.807) is 18.2 Å². The van der Waals surface area contributed by atoms with Gasteiger partial charge in [0.05, 0.1) is 12.2 Å². The van der Waals surface area contributed by atoms with Crippen molar-refractivity contribution in [3.63, 3.8) is 0 Å². The Morgan fingerprint density at radius 3 is 2.78 bits per heavy atom. The van der Waals surface area contributed by atoms with Gasteiger partial charge in [-0.2, -0.15) is 8.42 Å². The van der Waals surface area contributed by atoms with E-state index in [0.717, 1.165) is 0 Å². The Morgan fingerprint density at radius 1 is 1.22 bits per heavy atom. The summed E-state index contributed by atoms with van der Waals surface area (Å²) in [5, 5.41) is 14.8. The SMILES string of the molecule is O=C(O)c1cccnc1NCC1=NS(=O)(=O)c2ccccc2N1. The third-order valence-corrected chi connectivity index (χ3v) is 4.51. The summed E-state index contributed by atoms with van der Waals surface area (Å²) in [6.45, 7) is -0.00907. The highest BCUT2D eigenvalue weighted by atomic mass is 32.2. The van der Waals surface area contributed by atoms with Crippen LogP contribution in [0.5, 0.6) is 0 Å². The van der Waals surface area contributed by atoms with Crippen LogP contribution in [-0.2, 0) is 10.0 Å². The summed E-state index contributed by atoms with van der Waals surface area (Å²) in [4.78, 5) is 15.2. The van der Waals surface area contributed by atoms with E-state index in [1.807, 2.05) is 0 Å². The molecule has 0 saturated carbocycles. The molecule has 8 nitrogen and oxygen atoms in total. The van der Waals surface area contributed by atoms with Gasteiger partial charge in [-0.1, -0.05) is 12.1 Å². The molecule has 0 aliphatic carbocycles. The number of benzene rings is 1. The first-order valence-corrected chi connectivity index (χ1v) is 8.03. The molecule has 1 aliphatic heterocycles. The van der Waals surface area contributed by atoms with Crippen molar-refractivity contribution >= 4 is 33.3 Å². The van der Waals surface area contributed by atoms with Crippen molar-refractivity contribution in [2.75, 3.05) is 17.2 Å². The largest absolute Gasteiger partial charge is 0.478 e. The number of para-hydroxylation sites is 1. The molecule has 0 saturated heterocycles. The second-order valence-corrected chi connectivity index (χ2v) is 6.27. The van der Waals surface area contributed by atoms with Crippen molar-refractivity contribution in [1.29, 1.82) is 0 Å². The minimum atomic E-state index is -3.77. The molecule has 1 aliphatic rings. The number of rotatable bonds is 4. The predicted octanol–water partition coefficient (Wildman–Crippen LogP) is 1.40. The summed E-state index contributed by atoms with van der Waals surface area (Å²) < 4.78 is 27.9. The molecule has 3 rings (SSSR count). The molecule has 1 aromatic heterocycles. The molecule has 2 heterocycles. The maximum Gasteiger partial charge on any atom is 0.339 e. The van der Waals surface area contributed by atoms with E-state index in [-0.39, 0.29) is 28.7 Å². The fraction of sp³-hybridized carbons (Fsp3) is 0.0714. The minimum Gasteiger partial charge on any atom is -0.478 e. The van der Waals surface area contributed by atoms with Gasteiger partial charge in [-0.05, 0) is 24.3 Å². The lowest BCUT2D eigenvalue weighted by atomic mass is 10.2. The lowest BCUT2D eigenvalue weighted by molar-refractivity contribution is 0.0697. The van der Waals surface area contributed by atoms with Crippen LogP contribution in [0.15, 0.2) is 51.9 Å². The van der Waals surface area contributed by atoms with Crippen LogP contribution < -0.4 is 10.6 Å². The van der Waals surface area contributed by atoms with Crippen molar-refractivity contribution in [3.8, 4) is 0 Å². The van der Waals surface area contributed by atoms with Crippen LogP contribution in [0.1, 0.15) is 10.4 Å². The lowest BCUT2D eigenvalue weighted by Crippen LogP contribution is -2.28. The molecule has 0 radical (unpaired) electrons. The number of aromatic nitrogens is 1. The Morgan fingerprint density at radius 2 is 2.00 bits per heavy atom. The van der Waals surface area contributed by atoms with Crippen LogP contribution in [0.4, 0.5) is 11.5 Å². The van der Waals surface area contributed by atoms with Crippen molar-refractivity contribution < 1.29 is 18.3 Å². The summed E-state index contributed by atoms with van der Waals surface area (Å²) in [6.07, 6.45) is 1.44. The Labute approximate surface area is 132 Å². The number of sulfonamides is 1. The van der Waals surface area contributed by atoms with Gasteiger partial charge in [0.2, 0.25) is 0 Å². The summed E-state index contributed by atoms with van der Waals surface area (Å²) in [7, 11) is -3.77. The van der Waals surface area contributed by atoms with Crippen LogP contribution in [0, 0.1) is 0 Å². The zero-order valence-corrected chi connectivity index (χ0v) is 12.5. The number of hydrogen-bond donors (Lipinski definition) is 3. The number of amidine groups is 1. The molecule has 0 atom stereocenters. The van der Waals surface area contributed by atoms with E-state index in [2.05, 4.69) is 20.0 Å². The highest BCUT2D eigenvalue weighted by Crippen LogP contribution is 2.26. The molecular weight excluding hydrogens is 320 g/mol. The number of carboxylic acids is 1. The first-order valence-electron chi connectivity index (χ1n) is 6.59. The number of carbonyl (C=O) groups is 1. The third kappa shape index (κ3) is 2.99. The molecule has 9 heteroatoms. The van der Waals surface area contributed by atoms with Gasteiger partial charge in [0.25, 0.3) is 10.0 Å². The molecule has 1 aromatic carbocycles. The van der Waals surface area contributed by atoms with Crippen LogP contribution in [-0.4, -0.2) is 36.9 Å². The van der Waals surface area contributed by atoms with E-state index >= 15 is 0 Å². The number of aromatic carboxylic acids is 1. The van der Waals surface area contributed by atoms with Gasteiger partial charge in [0, 0.05) is 6.20 Å². The van der Waals surface area contributed by atoms with E-state index < -0.39 is 16.0 Å². The number of nitrogens with one attached hydrogen (secondary N) is 2. The van der Waals surface area contributed by atoms with Gasteiger partial charge in [0.15, 0.2) is 0 Å². The van der Waals surface area contributed by atoms with E-state index in [1.165, 1.54) is 24.4 Å². The van der Waals surface area contributed by atoms with E-state index in [0.29, 0.717) is 5.69 Å². The molecule has 0 spiro atoms. The summed E-state index contributed by atoms with van der Waals surface area (Å²) in [6, 6.07) is 9.33. The van der Waals surface area contributed by atoms with Crippen LogP contribution in [0.2, 0.25) is 0 Å². The normalized spacial score (nSPS) is 15.0. The second kappa shape index (κ2) is 5.69. The maximum absolute atomic E-state index is 12.1. The molecule has 2 aromatic rings. The van der Waals surface area contributed by atoms with Crippen molar-refractivity contribution in [1.82, 2.24) is 4.98 Å². The van der Waals surface area contributed by atoms with Crippen molar-refractivity contribution in [3.05, 3.63) is 48.2 Å². The third-order valence-electron chi connectivity index (χ3n) is 3.14. The van der Waals surface area contributed by atoms with Gasteiger partial charge < -0.3 is 15.7 Å². The first-order chi connectivity index (χ1) is 11.0. The highest BCUT2D eigenvalue weighted by Gasteiger charge is 2.24. The van der Waals surface area contributed by atoms with Crippen LogP contribution >= 0.6 is 0 Å². The lowest BCUT2D eigenvalue weighted by Gasteiger charge is -2.18. The van der Waals surface area contributed by atoms with E-state index in [9.17, 15) is 13.2 Å². The van der Waals surface area contributed by atoms with Gasteiger partial charge >= 0.3 is 5.97 Å². The fourth-order valence-electron chi connectivity index (χ4n) is 2.13. The van der Waals surface area contributed by atoms with Gasteiger partial charge in [-0.25, -0.2) is 9.78 Å². The average Bonchev–Trinajstić information content (AvgIpc) is 2.52. The zero-order valence-electron chi connectivity index (χ0n) is 11.7. The predicted molar refractivity (Wildman–Crippen MR) is 84.4 cm³/mol. The summed E-state index contributed by atoms with van der Waals surface area (Å²) >= 11 is 0. The molecule has 118 valence electrons. The number of pyridine rings is 1. The topological polar surface area (TPSA) is 121 Å². The summed E-state index contributed by atoms with van der Waals surface area (Å²) in [5.74, 6) is -0.830. The average molecular weight is 332 g/mol. The number of fused-ring (bicyclic) bond motifs is 1. The first kappa shape index (κ1) is 15.0. The van der Waals surface area contributed by atoms with Crippen molar-refractivity contribution in [2.45, 2.75) is 4.90 Å². The van der Waals surface area contributed by atoms with Crippen LogP contribution in [0.3, 0.4) is 0 Å². The fourth-order valence-corrected chi connectivity index (χ4v) is 3.28. The second-order valence-electron chi connectivity index (χ2n) is 4.69. The zero-order chi connectivity index (χ0) is 16.4. The standard InChI is InChI=1S/C14H12N4O4S/c19-14(20)9-4-3-7-15-13(9)16-8-12-17-10-5-1-2-6-11(10)23(21,22)18-12/h1-7H,8H2,(H,15,16)(H,17,18)(H,19,20). The Bertz CT molecular complexity index is 908. The summed E-state index contributed by atoms with van der Waals surface area (Å²) in [5.41, 5.74) is 0.422. The van der Waals surface area contributed by atoms with Crippen molar-refractivity contribution in [2.24, 2.45) is 4.40 Å². The van der Waals surface area contributed by atoms with E-state index in [4.69, 9.17) is 5.11 Å². The number of anilines is 2. The molecule has 23 heavy (non-hydrogen) atoms. The molecule has 0 unspecified atom stereocenters. The maximum atomic E-state index is 12.1. The quantitative estimate of drug-likeness (QED) is 0.774. The molecule has 0 amide bonds. The highest BCUT2D eigenvalue weighted by molar-refractivity contribution is 7.90.